The third kappa shape index (κ3) is 4.92. The average Bonchev–Trinajstić information content (AvgIpc) is 2.82. The van der Waals surface area contributed by atoms with E-state index in [0.717, 1.165) is 6.07 Å². The molecule has 0 saturated heterocycles. The maximum Gasteiger partial charge on any atom is 0.200 e. The Kier molecular flexibility index (Phi) is 8.21. The lowest BCUT2D eigenvalue weighted by molar-refractivity contribution is 0.361. The molecule has 0 bridgehead atoms. The molecule has 0 aromatic heterocycles. The van der Waals surface area contributed by atoms with E-state index < -0.39 is 68.0 Å². The number of rotatable bonds is 5. The summed E-state index contributed by atoms with van der Waals surface area (Å²) in [5.74, 6) is -21.9. The van der Waals surface area contributed by atoms with Crippen molar-refractivity contribution in [3.8, 4) is 0 Å². The summed E-state index contributed by atoms with van der Waals surface area (Å²) in [5, 5.41) is -0.183. The molecule has 3 rings (SSSR count). The smallest absolute Gasteiger partial charge is 0.200 e. The number of hydrogen-bond donors (Lipinski definition) is 0. The van der Waals surface area contributed by atoms with Gasteiger partial charge in [-0.3, -0.25) is 0 Å². The summed E-state index contributed by atoms with van der Waals surface area (Å²) in [7, 11) is 0. The van der Waals surface area contributed by atoms with Crippen LogP contribution in [0.1, 0.15) is 0 Å². The van der Waals surface area contributed by atoms with Gasteiger partial charge < -0.3 is 0 Å². The van der Waals surface area contributed by atoms with Crippen LogP contribution in [0, 0.1) is 58.2 Å². The molecule has 0 aliphatic heterocycles. The van der Waals surface area contributed by atoms with Gasteiger partial charge in [-0.25, -0.2) is 43.9 Å². The lowest BCUT2D eigenvalue weighted by atomic mass is 10.3. The molecule has 3 aromatic carbocycles. The van der Waals surface area contributed by atoms with Crippen molar-refractivity contribution < 1.29 is 43.9 Å². The van der Waals surface area contributed by atoms with Crippen LogP contribution in [0.4, 0.5) is 49.6 Å². The Balaban J connectivity index is 1.99. The summed E-state index contributed by atoms with van der Waals surface area (Å²) in [6, 6.07) is 3.66. The van der Waals surface area contributed by atoms with Gasteiger partial charge in [-0.05, 0) is 12.1 Å². The normalized spacial score (nSPS) is 11.0. The summed E-state index contributed by atoms with van der Waals surface area (Å²) < 4.78 is 142. The quantitative estimate of drug-likeness (QED) is 0.133. The molecule has 180 valence electrons. The van der Waals surface area contributed by atoms with Crippen LogP contribution in [-0.4, -0.2) is 0 Å². The zero-order chi connectivity index (χ0) is 25.3. The van der Waals surface area contributed by atoms with Crippen molar-refractivity contribution in [1.82, 2.24) is 0 Å². The highest BCUT2D eigenvalue weighted by Gasteiger charge is 2.28. The summed E-state index contributed by atoms with van der Waals surface area (Å²) in [6.07, 6.45) is 0. The highest BCUT2D eigenvalue weighted by molar-refractivity contribution is 8.01. The fourth-order valence-electron chi connectivity index (χ4n) is 2.23. The van der Waals surface area contributed by atoms with E-state index in [4.69, 9.17) is 11.6 Å². The lowest BCUT2D eigenvalue weighted by Gasteiger charge is -2.09. The molecule has 0 aliphatic rings. The zero-order valence-electron chi connectivity index (χ0n) is 15.5. The SMILES string of the molecule is Fc1c(F)c(F)c(SN=S=Nc2c(Cl)cccc2Sc2c(F)c(F)c(F)c(F)c2F)c(F)c1F. The van der Waals surface area contributed by atoms with E-state index in [1.807, 2.05) is 0 Å². The molecule has 0 N–H and O–H groups in total. The summed E-state index contributed by atoms with van der Waals surface area (Å²) in [6.45, 7) is 0. The van der Waals surface area contributed by atoms with Gasteiger partial charge in [0.25, 0.3) is 0 Å². The number of hydrogen-bond acceptors (Lipinski definition) is 4. The minimum absolute atomic E-state index is 0.0860. The third-order valence-corrected chi connectivity index (χ3v) is 6.58. The first kappa shape index (κ1) is 26.4. The topological polar surface area (TPSA) is 24.7 Å². The van der Waals surface area contributed by atoms with E-state index in [1.54, 1.807) is 0 Å². The number of halogens is 11. The van der Waals surface area contributed by atoms with E-state index in [0.29, 0.717) is 0 Å². The predicted octanol–water partition coefficient (Wildman–Crippen LogP) is 8.67. The van der Waals surface area contributed by atoms with Gasteiger partial charge in [-0.1, -0.05) is 29.4 Å². The molecule has 0 aliphatic carbocycles. The van der Waals surface area contributed by atoms with Gasteiger partial charge in [-0.15, -0.1) is 3.77 Å². The monoisotopic (exact) mass is 568 g/mol. The molecule has 0 radical (unpaired) electrons. The highest BCUT2D eigenvalue weighted by atomic mass is 35.5. The molecule has 0 saturated carbocycles. The van der Waals surface area contributed by atoms with Gasteiger partial charge in [0, 0.05) is 16.8 Å². The minimum atomic E-state index is -2.36. The molecule has 2 nitrogen and oxygen atoms in total. The molecule has 16 heteroatoms. The fourth-order valence-corrected chi connectivity index (χ4v) is 4.77. The van der Waals surface area contributed by atoms with Crippen LogP contribution in [0.3, 0.4) is 0 Å². The largest absolute Gasteiger partial charge is 0.202 e. The molecular formula is C18H3ClF10N2S3. The summed E-state index contributed by atoms with van der Waals surface area (Å²) in [4.78, 5) is -2.79. The van der Waals surface area contributed by atoms with Crippen molar-refractivity contribution in [2.24, 2.45) is 8.13 Å². The van der Waals surface area contributed by atoms with Crippen LogP contribution in [0.2, 0.25) is 5.02 Å². The summed E-state index contributed by atoms with van der Waals surface area (Å²) in [5.41, 5.74) is -0.287. The average molecular weight is 569 g/mol. The zero-order valence-corrected chi connectivity index (χ0v) is 18.7. The Labute approximate surface area is 200 Å². The van der Waals surface area contributed by atoms with E-state index in [1.165, 1.54) is 12.1 Å². The van der Waals surface area contributed by atoms with Crippen LogP contribution in [0.5, 0.6) is 0 Å². The van der Waals surface area contributed by atoms with Crippen molar-refractivity contribution in [3.05, 3.63) is 81.4 Å². The van der Waals surface area contributed by atoms with Gasteiger partial charge in [0.05, 0.1) is 21.3 Å². The molecule has 3 aromatic rings. The second-order valence-electron chi connectivity index (χ2n) is 5.83. The summed E-state index contributed by atoms with van der Waals surface area (Å²) >= 11 is 6.01. The minimum Gasteiger partial charge on any atom is -0.202 e. The second kappa shape index (κ2) is 10.6. The fraction of sp³-hybridized carbons (Fsp3) is 0. The van der Waals surface area contributed by atoms with Crippen LogP contribution >= 0.6 is 35.3 Å². The molecule has 0 heterocycles. The van der Waals surface area contributed by atoms with Gasteiger partial charge in [0.1, 0.15) is 10.6 Å². The predicted molar refractivity (Wildman–Crippen MR) is 106 cm³/mol. The van der Waals surface area contributed by atoms with Crippen LogP contribution in [0.15, 0.2) is 41.0 Å². The molecule has 0 amide bonds. The molecule has 0 spiro atoms. The standard InChI is InChI=1S/C18H3ClF10N2S3/c19-4-2-1-3-5(32-17-12(26)8(22)6(20)9(23)13(17)27)16(4)30-34-31-33-18-14(28)10(24)7(21)11(25)15(18)29/h1-3H. The van der Waals surface area contributed by atoms with E-state index >= 15 is 0 Å². The van der Waals surface area contributed by atoms with Crippen molar-refractivity contribution in [2.45, 2.75) is 14.7 Å². The number of nitrogens with zero attached hydrogens (tertiary/aromatic N) is 2. The lowest BCUT2D eigenvalue weighted by Crippen LogP contribution is -2.03. The van der Waals surface area contributed by atoms with Crippen molar-refractivity contribution in [1.29, 1.82) is 0 Å². The first-order valence-electron chi connectivity index (χ1n) is 8.21. The van der Waals surface area contributed by atoms with Crippen molar-refractivity contribution in [3.63, 3.8) is 0 Å². The Morgan fingerprint density at radius 1 is 0.588 bits per heavy atom. The first-order chi connectivity index (χ1) is 16.0. The second-order valence-corrected chi connectivity index (χ2v) is 8.82. The van der Waals surface area contributed by atoms with Crippen LogP contribution in [0.25, 0.3) is 0 Å². The van der Waals surface area contributed by atoms with Gasteiger partial charge in [0.2, 0.25) is 11.6 Å². The maximum atomic E-state index is 14.0. The Morgan fingerprint density at radius 3 is 1.53 bits per heavy atom. The van der Waals surface area contributed by atoms with E-state index in [9.17, 15) is 43.9 Å². The highest BCUT2D eigenvalue weighted by Crippen LogP contribution is 2.42. The Bertz CT molecular complexity index is 1320. The van der Waals surface area contributed by atoms with Gasteiger partial charge in [0.15, 0.2) is 46.5 Å². The molecular weight excluding hydrogens is 566 g/mol. The first-order valence-corrected chi connectivity index (χ1v) is 10.9. The third-order valence-electron chi connectivity index (χ3n) is 3.79. The maximum absolute atomic E-state index is 14.0. The van der Waals surface area contributed by atoms with Crippen LogP contribution in [-0.2, 0) is 11.4 Å². The van der Waals surface area contributed by atoms with Crippen molar-refractivity contribution in [2.75, 3.05) is 0 Å². The van der Waals surface area contributed by atoms with E-state index in [-0.39, 0.29) is 50.7 Å². The van der Waals surface area contributed by atoms with Gasteiger partial charge >= 0.3 is 0 Å². The van der Waals surface area contributed by atoms with Gasteiger partial charge in [-0.2, -0.15) is 4.36 Å². The van der Waals surface area contributed by atoms with Crippen LogP contribution < -0.4 is 0 Å². The van der Waals surface area contributed by atoms with Crippen molar-refractivity contribution >= 4 is 52.4 Å². The molecule has 0 unspecified atom stereocenters. The Morgan fingerprint density at radius 2 is 1.03 bits per heavy atom. The molecule has 0 atom stereocenters. The molecule has 0 fully saturated rings. The molecule has 34 heavy (non-hydrogen) atoms. The number of benzene rings is 3. The van der Waals surface area contributed by atoms with E-state index in [2.05, 4.69) is 8.13 Å². The Hall–Kier alpha value is -2.23.